The lowest BCUT2D eigenvalue weighted by molar-refractivity contribution is -0.109. The lowest BCUT2D eigenvalue weighted by Gasteiger charge is -2.12. The van der Waals surface area contributed by atoms with E-state index in [2.05, 4.69) is 10.6 Å². The van der Waals surface area contributed by atoms with Crippen LogP contribution < -0.4 is 16.1 Å². The summed E-state index contributed by atoms with van der Waals surface area (Å²) in [4.78, 5) is 9.99. The zero-order valence-electron chi connectivity index (χ0n) is 10.0. The molecule has 0 bridgehead atoms. The number of benzene rings is 1. The second-order valence-electron chi connectivity index (χ2n) is 3.75. The van der Waals surface area contributed by atoms with Gasteiger partial charge in [-0.15, -0.1) is 0 Å². The van der Waals surface area contributed by atoms with Gasteiger partial charge in [0.05, 0.1) is 6.10 Å². The maximum atomic E-state index is 9.99. The molecule has 1 rings (SSSR count). The highest BCUT2D eigenvalue weighted by molar-refractivity contribution is 6.51. The maximum absolute atomic E-state index is 9.99. The van der Waals surface area contributed by atoms with Gasteiger partial charge in [0.15, 0.2) is 0 Å². The number of carbonyl (C=O) groups excluding carboxylic acids is 1. The fraction of sp³-hybridized carbons (Fsp3) is 0.417. The Morgan fingerprint density at radius 2 is 2.06 bits per heavy atom. The molecule has 17 heavy (non-hydrogen) atoms. The number of carbonyl (C=O) groups is 1. The van der Waals surface area contributed by atoms with Gasteiger partial charge in [-0.3, -0.25) is 4.79 Å². The summed E-state index contributed by atoms with van der Waals surface area (Å²) >= 11 is 0. The average molecular weight is 233 g/mol. The van der Waals surface area contributed by atoms with Gasteiger partial charge in [-0.25, -0.2) is 0 Å². The Labute approximate surface area is 103 Å². The van der Waals surface area contributed by atoms with Crippen LogP contribution in [-0.2, 0) is 4.79 Å². The molecule has 1 aromatic rings. The fourth-order valence-electron chi connectivity index (χ4n) is 1.49. The minimum Gasteiger partial charge on any atom is -0.387 e. The van der Waals surface area contributed by atoms with Crippen molar-refractivity contribution in [1.29, 1.82) is 0 Å². The van der Waals surface area contributed by atoms with Crippen molar-refractivity contribution in [2.75, 3.05) is 19.6 Å². The molecule has 1 radical (unpaired) electrons. The quantitative estimate of drug-likeness (QED) is 0.320. The number of aliphatic hydroxyl groups excluding tert-OH is 1. The summed E-state index contributed by atoms with van der Waals surface area (Å²) in [6.45, 7) is 3.68. The zero-order chi connectivity index (χ0) is 12.5. The van der Waals surface area contributed by atoms with E-state index in [9.17, 15) is 9.90 Å². The summed E-state index contributed by atoms with van der Waals surface area (Å²) in [5, 5.41) is 15.5. The summed E-state index contributed by atoms with van der Waals surface area (Å²) in [6, 6.07) is 7.80. The van der Waals surface area contributed by atoms with Crippen LogP contribution in [0, 0.1) is 0 Å². The first-order valence-corrected chi connectivity index (χ1v) is 5.73. The van der Waals surface area contributed by atoms with Crippen LogP contribution in [0.5, 0.6) is 0 Å². The Bertz CT molecular complexity index is 330. The highest BCUT2D eigenvalue weighted by Crippen LogP contribution is 2.09. The summed E-state index contributed by atoms with van der Waals surface area (Å²) in [5.41, 5.74) is 2.04. The van der Waals surface area contributed by atoms with Crippen molar-refractivity contribution in [3.05, 3.63) is 29.8 Å². The molecule has 0 fully saturated rings. The van der Waals surface area contributed by atoms with E-state index in [1.807, 2.05) is 38.4 Å². The van der Waals surface area contributed by atoms with E-state index in [-0.39, 0.29) is 0 Å². The van der Waals surface area contributed by atoms with Crippen LogP contribution >= 0.6 is 0 Å². The van der Waals surface area contributed by atoms with E-state index < -0.39 is 6.10 Å². The Morgan fingerprint density at radius 3 is 2.65 bits per heavy atom. The van der Waals surface area contributed by atoms with Crippen LogP contribution in [0.2, 0.25) is 6.82 Å². The van der Waals surface area contributed by atoms with Crippen molar-refractivity contribution in [3.63, 3.8) is 0 Å². The first-order valence-electron chi connectivity index (χ1n) is 5.73. The third kappa shape index (κ3) is 5.02. The van der Waals surface area contributed by atoms with E-state index >= 15 is 0 Å². The van der Waals surface area contributed by atoms with E-state index in [1.54, 1.807) is 0 Å². The van der Waals surface area contributed by atoms with Gasteiger partial charge in [-0.2, -0.15) is 0 Å². The molecule has 0 heterocycles. The molecule has 5 heteroatoms. The summed E-state index contributed by atoms with van der Waals surface area (Å²) in [7, 11) is 2.01. The molecule has 0 saturated carbocycles. The molecule has 1 atom stereocenters. The number of rotatable bonds is 8. The molecule has 0 aliphatic rings. The van der Waals surface area contributed by atoms with E-state index in [0.717, 1.165) is 11.0 Å². The van der Waals surface area contributed by atoms with Gasteiger partial charge in [-0.1, -0.05) is 36.6 Å². The summed E-state index contributed by atoms with van der Waals surface area (Å²) in [5.74, 6) is 0. The molecule has 0 spiro atoms. The molecule has 4 nitrogen and oxygen atoms in total. The number of aliphatic hydroxyl groups is 1. The standard InChI is InChI=1S/C12H18BN2O2/c1-13-11-4-2-10(3-5-11)12(17)8-14-6-7-15-9-16/h2-5,9,12,14,17H,6-8H2,1H3,(H,15,16)/t12-/m1/s1. The van der Waals surface area contributed by atoms with Gasteiger partial charge >= 0.3 is 0 Å². The Kier molecular flexibility index (Phi) is 6.36. The number of hydrogen-bond acceptors (Lipinski definition) is 3. The normalized spacial score (nSPS) is 11.9. The SMILES string of the molecule is C[B]c1ccc([C@H](O)CNCCNC=O)cc1. The smallest absolute Gasteiger partial charge is 0.207 e. The minimum atomic E-state index is -0.517. The molecule has 0 saturated heterocycles. The van der Waals surface area contributed by atoms with Gasteiger partial charge in [0, 0.05) is 19.6 Å². The molecule has 3 N–H and O–H groups in total. The van der Waals surface area contributed by atoms with Crippen molar-refractivity contribution in [1.82, 2.24) is 10.6 Å². The highest BCUT2D eigenvalue weighted by Gasteiger charge is 2.06. The Balaban J connectivity index is 2.30. The topological polar surface area (TPSA) is 61.4 Å². The van der Waals surface area contributed by atoms with Crippen molar-refractivity contribution < 1.29 is 9.90 Å². The maximum Gasteiger partial charge on any atom is 0.207 e. The molecule has 0 aromatic heterocycles. The molecular formula is C12H18BN2O2. The predicted molar refractivity (Wildman–Crippen MR) is 69.6 cm³/mol. The summed E-state index contributed by atoms with van der Waals surface area (Å²) in [6.07, 6.45) is 0.148. The number of hydrogen-bond donors (Lipinski definition) is 3. The second-order valence-corrected chi connectivity index (χ2v) is 3.75. The minimum absolute atomic E-state index is 0.482. The molecule has 1 aromatic carbocycles. The average Bonchev–Trinajstić information content (AvgIpc) is 2.38. The highest BCUT2D eigenvalue weighted by atomic mass is 16.3. The summed E-state index contributed by atoms with van der Waals surface area (Å²) < 4.78 is 0. The molecular weight excluding hydrogens is 215 g/mol. The molecule has 0 aliphatic heterocycles. The second kappa shape index (κ2) is 7.87. The third-order valence-electron chi connectivity index (χ3n) is 2.52. The predicted octanol–water partition coefficient (Wildman–Crippen LogP) is -0.567. The third-order valence-corrected chi connectivity index (χ3v) is 2.52. The van der Waals surface area contributed by atoms with Crippen molar-refractivity contribution in [3.8, 4) is 0 Å². The van der Waals surface area contributed by atoms with Gasteiger partial charge in [0.25, 0.3) is 0 Å². The first-order chi connectivity index (χ1) is 8.27. The van der Waals surface area contributed by atoms with E-state index in [4.69, 9.17) is 0 Å². The lowest BCUT2D eigenvalue weighted by atomic mass is 9.73. The van der Waals surface area contributed by atoms with Crippen molar-refractivity contribution in [2.45, 2.75) is 12.9 Å². The molecule has 1 amide bonds. The zero-order valence-corrected chi connectivity index (χ0v) is 10.0. The lowest BCUT2D eigenvalue weighted by Crippen LogP contribution is -2.29. The van der Waals surface area contributed by atoms with Crippen LogP contribution in [0.3, 0.4) is 0 Å². The van der Waals surface area contributed by atoms with Crippen molar-refractivity contribution in [2.24, 2.45) is 0 Å². The van der Waals surface area contributed by atoms with E-state index in [1.165, 1.54) is 0 Å². The van der Waals surface area contributed by atoms with Crippen LogP contribution in [-0.4, -0.2) is 38.4 Å². The number of amides is 1. The largest absolute Gasteiger partial charge is 0.387 e. The fourth-order valence-corrected chi connectivity index (χ4v) is 1.49. The van der Waals surface area contributed by atoms with Gasteiger partial charge < -0.3 is 15.7 Å². The molecule has 0 unspecified atom stereocenters. The van der Waals surface area contributed by atoms with Crippen LogP contribution in [0.1, 0.15) is 11.7 Å². The van der Waals surface area contributed by atoms with Gasteiger partial charge in [0.1, 0.15) is 7.28 Å². The Hall–Kier alpha value is -1.33. The van der Waals surface area contributed by atoms with Crippen molar-refractivity contribution >= 4 is 19.2 Å². The monoisotopic (exact) mass is 233 g/mol. The Morgan fingerprint density at radius 1 is 1.35 bits per heavy atom. The van der Waals surface area contributed by atoms with Gasteiger partial charge in [-0.05, 0) is 5.56 Å². The molecule has 0 aliphatic carbocycles. The van der Waals surface area contributed by atoms with Crippen LogP contribution in [0.25, 0.3) is 0 Å². The van der Waals surface area contributed by atoms with Crippen LogP contribution in [0.15, 0.2) is 24.3 Å². The number of nitrogens with one attached hydrogen (secondary N) is 2. The van der Waals surface area contributed by atoms with Gasteiger partial charge in [0.2, 0.25) is 6.41 Å². The van der Waals surface area contributed by atoms with Crippen LogP contribution in [0.4, 0.5) is 0 Å². The first kappa shape index (κ1) is 13.7. The van der Waals surface area contributed by atoms with E-state index in [0.29, 0.717) is 26.0 Å². The molecule has 91 valence electrons.